The smallest absolute Gasteiger partial charge is 0.240 e. The van der Waals surface area contributed by atoms with Gasteiger partial charge < -0.3 is 10.8 Å². The molecule has 5 nitrogen and oxygen atoms in total. The summed E-state index contributed by atoms with van der Waals surface area (Å²) in [5.41, 5.74) is 5.59. The van der Waals surface area contributed by atoms with Gasteiger partial charge in [0, 0.05) is 6.54 Å². The zero-order valence-corrected chi connectivity index (χ0v) is 12.2. The average molecular weight is 305 g/mol. The van der Waals surface area contributed by atoms with Gasteiger partial charge in [0.1, 0.15) is 0 Å². The Morgan fingerprint density at radius 3 is 2.58 bits per heavy atom. The Morgan fingerprint density at radius 1 is 1.47 bits per heavy atom. The van der Waals surface area contributed by atoms with Gasteiger partial charge in [-0.05, 0) is 43.9 Å². The third kappa shape index (κ3) is 3.02. The normalized spacial score (nSPS) is 18.1. The summed E-state index contributed by atoms with van der Waals surface area (Å²) in [7, 11) is -3.68. The molecule has 0 spiro atoms. The summed E-state index contributed by atoms with van der Waals surface area (Å²) in [4.78, 5) is 0.0647. The number of rotatable bonds is 4. The Kier molecular flexibility index (Phi) is 3.79. The summed E-state index contributed by atoms with van der Waals surface area (Å²) in [6, 6.07) is 2.79. The Labute approximate surface area is 117 Å². The van der Waals surface area contributed by atoms with Crippen LogP contribution >= 0.6 is 11.6 Å². The third-order valence-electron chi connectivity index (χ3n) is 3.44. The predicted octanol–water partition coefficient (Wildman–Crippen LogP) is 1.42. The van der Waals surface area contributed by atoms with Gasteiger partial charge in [-0.1, -0.05) is 11.6 Å². The Bertz CT molecular complexity index is 574. The first-order chi connectivity index (χ1) is 8.73. The second kappa shape index (κ2) is 4.94. The minimum absolute atomic E-state index is 0.0247. The first kappa shape index (κ1) is 14.6. The van der Waals surface area contributed by atoms with Gasteiger partial charge in [0.2, 0.25) is 10.0 Å². The van der Waals surface area contributed by atoms with E-state index in [1.165, 1.54) is 12.1 Å². The van der Waals surface area contributed by atoms with Gasteiger partial charge in [0.05, 0.1) is 21.2 Å². The fraction of sp³-hybridized carbons (Fsp3) is 0.500. The molecule has 1 aliphatic carbocycles. The number of aryl methyl sites for hydroxylation is 1. The summed E-state index contributed by atoms with van der Waals surface area (Å²) in [6.07, 6.45) is 2.17. The van der Waals surface area contributed by atoms with Crippen LogP contribution in [0.5, 0.6) is 0 Å². The van der Waals surface area contributed by atoms with E-state index < -0.39 is 15.6 Å². The highest BCUT2D eigenvalue weighted by atomic mass is 35.5. The standard InChI is InChI=1S/C12H17ClN2O3S/c1-8-5-9(6-10(14)11(8)13)19(17,18)15-7-12(16)3-2-4-12/h5-6,15-16H,2-4,7,14H2,1H3. The van der Waals surface area contributed by atoms with Crippen LogP contribution in [0.25, 0.3) is 0 Å². The van der Waals surface area contributed by atoms with Crippen molar-refractivity contribution in [3.8, 4) is 0 Å². The molecule has 0 unspecified atom stereocenters. The second-order valence-corrected chi connectivity index (χ2v) is 7.19. The van der Waals surface area contributed by atoms with E-state index in [-0.39, 0.29) is 17.1 Å². The van der Waals surface area contributed by atoms with Gasteiger partial charge in [0.25, 0.3) is 0 Å². The van der Waals surface area contributed by atoms with Crippen molar-refractivity contribution in [1.82, 2.24) is 4.72 Å². The number of nitrogens with two attached hydrogens (primary N) is 1. The highest BCUT2D eigenvalue weighted by Gasteiger charge is 2.35. The van der Waals surface area contributed by atoms with E-state index in [4.69, 9.17) is 17.3 Å². The summed E-state index contributed by atoms with van der Waals surface area (Å²) < 4.78 is 26.6. The van der Waals surface area contributed by atoms with Crippen molar-refractivity contribution in [1.29, 1.82) is 0 Å². The maximum atomic E-state index is 12.1. The van der Waals surface area contributed by atoms with E-state index in [1.54, 1.807) is 6.92 Å². The van der Waals surface area contributed by atoms with Crippen molar-refractivity contribution < 1.29 is 13.5 Å². The lowest BCUT2D eigenvalue weighted by atomic mass is 9.81. The maximum Gasteiger partial charge on any atom is 0.240 e. The molecule has 1 aromatic rings. The molecule has 0 heterocycles. The molecule has 0 amide bonds. The van der Waals surface area contributed by atoms with Crippen molar-refractivity contribution >= 4 is 27.3 Å². The van der Waals surface area contributed by atoms with Crippen LogP contribution in [0.1, 0.15) is 24.8 Å². The molecule has 7 heteroatoms. The van der Waals surface area contributed by atoms with Crippen LogP contribution in [-0.4, -0.2) is 25.7 Å². The second-order valence-electron chi connectivity index (χ2n) is 5.05. The number of benzene rings is 1. The molecule has 2 rings (SSSR count). The van der Waals surface area contributed by atoms with Crippen LogP contribution in [-0.2, 0) is 10.0 Å². The number of nitrogen functional groups attached to an aromatic ring is 1. The maximum absolute atomic E-state index is 12.1. The number of aliphatic hydroxyl groups is 1. The lowest BCUT2D eigenvalue weighted by molar-refractivity contribution is -0.0270. The molecule has 0 saturated heterocycles. The van der Waals surface area contributed by atoms with E-state index in [0.29, 0.717) is 23.4 Å². The van der Waals surface area contributed by atoms with Gasteiger partial charge >= 0.3 is 0 Å². The van der Waals surface area contributed by atoms with Crippen molar-refractivity contribution in [2.45, 2.75) is 36.7 Å². The van der Waals surface area contributed by atoms with E-state index >= 15 is 0 Å². The number of anilines is 1. The molecule has 4 N–H and O–H groups in total. The number of nitrogens with one attached hydrogen (secondary N) is 1. The fourth-order valence-corrected chi connectivity index (χ4v) is 3.34. The molecule has 0 aliphatic heterocycles. The van der Waals surface area contributed by atoms with Gasteiger partial charge in [-0.2, -0.15) is 0 Å². The summed E-state index contributed by atoms with van der Waals surface area (Å²) >= 11 is 5.90. The van der Waals surface area contributed by atoms with Gasteiger partial charge in [-0.15, -0.1) is 0 Å². The van der Waals surface area contributed by atoms with Gasteiger partial charge in [-0.3, -0.25) is 0 Å². The highest BCUT2D eigenvalue weighted by molar-refractivity contribution is 7.89. The van der Waals surface area contributed by atoms with E-state index in [0.717, 1.165) is 6.42 Å². The SMILES string of the molecule is Cc1cc(S(=O)(=O)NCC2(O)CCC2)cc(N)c1Cl. The van der Waals surface area contributed by atoms with E-state index in [9.17, 15) is 13.5 Å². The number of hydrogen-bond donors (Lipinski definition) is 3. The summed E-state index contributed by atoms with van der Waals surface area (Å²) in [6.45, 7) is 1.72. The van der Waals surface area contributed by atoms with Crippen LogP contribution in [0.2, 0.25) is 5.02 Å². The largest absolute Gasteiger partial charge is 0.397 e. The molecule has 19 heavy (non-hydrogen) atoms. The third-order valence-corrected chi connectivity index (χ3v) is 5.34. The number of sulfonamides is 1. The van der Waals surface area contributed by atoms with Crippen molar-refractivity contribution in [2.24, 2.45) is 0 Å². The monoisotopic (exact) mass is 304 g/mol. The summed E-state index contributed by atoms with van der Waals surface area (Å²) in [5.74, 6) is 0. The average Bonchev–Trinajstić information content (AvgIpc) is 2.30. The van der Waals surface area contributed by atoms with Gasteiger partial charge in [-0.25, -0.2) is 13.1 Å². The quantitative estimate of drug-likeness (QED) is 0.734. The molecule has 0 aromatic heterocycles. The molecular formula is C12H17ClN2O3S. The first-order valence-electron chi connectivity index (χ1n) is 6.01. The molecule has 1 fully saturated rings. The molecule has 1 saturated carbocycles. The van der Waals surface area contributed by atoms with Crippen LogP contribution in [0.4, 0.5) is 5.69 Å². The lowest BCUT2D eigenvalue weighted by Crippen LogP contribution is -2.47. The molecule has 0 radical (unpaired) electrons. The molecule has 1 aromatic carbocycles. The zero-order chi connectivity index (χ0) is 14.3. The predicted molar refractivity (Wildman–Crippen MR) is 74.6 cm³/mol. The molecule has 1 aliphatic rings. The van der Waals surface area contributed by atoms with E-state index in [1.807, 2.05) is 0 Å². The van der Waals surface area contributed by atoms with Crippen molar-refractivity contribution in [3.63, 3.8) is 0 Å². The molecular weight excluding hydrogens is 288 g/mol. The lowest BCUT2D eigenvalue weighted by Gasteiger charge is -2.36. The van der Waals surface area contributed by atoms with Crippen molar-refractivity contribution in [3.05, 3.63) is 22.7 Å². The Balaban J connectivity index is 2.19. The minimum Gasteiger partial charge on any atom is -0.397 e. The van der Waals surface area contributed by atoms with Gasteiger partial charge in [0.15, 0.2) is 0 Å². The summed E-state index contributed by atoms with van der Waals surface area (Å²) in [5, 5.41) is 10.3. The first-order valence-corrected chi connectivity index (χ1v) is 7.87. The van der Waals surface area contributed by atoms with Crippen LogP contribution in [0, 0.1) is 6.92 Å². The van der Waals surface area contributed by atoms with Crippen LogP contribution in [0.15, 0.2) is 17.0 Å². The van der Waals surface area contributed by atoms with Crippen LogP contribution < -0.4 is 10.5 Å². The topological polar surface area (TPSA) is 92.4 Å². The Morgan fingerprint density at radius 2 is 2.11 bits per heavy atom. The van der Waals surface area contributed by atoms with Crippen molar-refractivity contribution in [2.75, 3.05) is 12.3 Å². The molecule has 0 atom stereocenters. The number of hydrogen-bond acceptors (Lipinski definition) is 4. The number of halogens is 1. The zero-order valence-electron chi connectivity index (χ0n) is 10.6. The Hall–Kier alpha value is -0.820. The molecule has 106 valence electrons. The highest BCUT2D eigenvalue weighted by Crippen LogP contribution is 2.31. The molecule has 0 bridgehead atoms. The fourth-order valence-electron chi connectivity index (χ4n) is 1.99. The van der Waals surface area contributed by atoms with E-state index in [2.05, 4.69) is 4.72 Å². The minimum atomic E-state index is -3.68. The van der Waals surface area contributed by atoms with Crippen LogP contribution in [0.3, 0.4) is 0 Å².